The highest BCUT2D eigenvalue weighted by atomic mass is 31.1. The van der Waals surface area contributed by atoms with Crippen LogP contribution >= 0.6 is 8.03 Å². The van der Waals surface area contributed by atoms with Gasteiger partial charge in [0.1, 0.15) is 14.2 Å². The first kappa shape index (κ1) is 57.9. The lowest BCUT2D eigenvalue weighted by molar-refractivity contribution is -0.147. The number of rotatable bonds is 41. The third-order valence-electron chi connectivity index (χ3n) is 10.7. The quantitative estimate of drug-likeness (QED) is 0.0245. The van der Waals surface area contributed by atoms with Gasteiger partial charge in [-0.05, 0) is 46.8 Å². The molecule has 8 nitrogen and oxygen atoms in total. The molecule has 57 heavy (non-hydrogen) atoms. The van der Waals surface area contributed by atoms with E-state index in [0.29, 0.717) is 12.8 Å². The minimum atomic E-state index is -1.01. The van der Waals surface area contributed by atoms with Gasteiger partial charge in [0, 0.05) is 12.8 Å². The topological polar surface area (TPSA) is 114 Å². The average Bonchev–Trinajstić information content (AvgIpc) is 3.19. The Morgan fingerprint density at radius 2 is 0.895 bits per heavy atom. The van der Waals surface area contributed by atoms with Gasteiger partial charge in [-0.1, -0.05) is 195 Å². The number of hydrogen-bond donors (Lipinski definition) is 3. The minimum absolute atomic E-state index is 0.0422. The van der Waals surface area contributed by atoms with Crippen molar-refractivity contribution in [3.05, 3.63) is 0 Å². The number of carbonyl (C=O) groups excluding carboxylic acids is 3. The highest BCUT2D eigenvalue weighted by Gasteiger charge is 2.19. The molecule has 0 saturated carbocycles. The molecule has 0 saturated heterocycles. The zero-order valence-electron chi connectivity index (χ0n) is 38.5. The van der Waals surface area contributed by atoms with Gasteiger partial charge >= 0.3 is 5.97 Å². The molecule has 0 aromatic rings. The number of ether oxygens (including phenoxy) is 1. The molecule has 0 aliphatic carbocycles. The van der Waals surface area contributed by atoms with E-state index in [1.165, 1.54) is 135 Å². The molecular formula is C47H94BN2O6P. The van der Waals surface area contributed by atoms with Crippen molar-refractivity contribution in [1.82, 2.24) is 10.6 Å². The average molecular weight is 825 g/mol. The Kier molecular flexibility index (Phi) is 46.6. The zero-order valence-corrected chi connectivity index (χ0v) is 39.4. The molecule has 0 aromatic heterocycles. The maximum atomic E-state index is 12.4. The smallest absolute Gasteiger partial charge is 0.308 e. The molecule has 336 valence electrons. The summed E-state index contributed by atoms with van der Waals surface area (Å²) in [4.78, 5) is 36.3. The third kappa shape index (κ3) is 44.2. The Hall–Kier alpha value is -1.18. The molecular weight excluding hydrogens is 730 g/mol. The van der Waals surface area contributed by atoms with Crippen LogP contribution in [0.3, 0.4) is 0 Å². The molecule has 10 heteroatoms. The predicted molar refractivity (Wildman–Crippen MR) is 246 cm³/mol. The number of carbonyl (C=O) groups is 3. The first-order valence-electron chi connectivity index (χ1n) is 24.2. The van der Waals surface area contributed by atoms with Gasteiger partial charge < -0.3 is 25.0 Å². The second kappa shape index (κ2) is 45.9. The third-order valence-corrected chi connectivity index (χ3v) is 11.4. The number of esters is 1. The van der Waals surface area contributed by atoms with Gasteiger partial charge in [-0.15, -0.1) is 0 Å². The molecule has 2 radical (unpaired) electrons. The van der Waals surface area contributed by atoms with E-state index in [1.54, 1.807) is 0 Å². The van der Waals surface area contributed by atoms with Gasteiger partial charge in [-0.25, -0.2) is 0 Å². The van der Waals surface area contributed by atoms with Gasteiger partial charge in [0.25, 0.3) is 0 Å². The van der Waals surface area contributed by atoms with Crippen LogP contribution in [0.2, 0.25) is 0 Å². The van der Waals surface area contributed by atoms with Crippen molar-refractivity contribution in [2.75, 3.05) is 19.9 Å². The van der Waals surface area contributed by atoms with Gasteiger partial charge in [0.05, 0.1) is 31.2 Å². The van der Waals surface area contributed by atoms with Crippen LogP contribution in [0.1, 0.15) is 247 Å². The molecule has 0 rings (SSSR count). The summed E-state index contributed by atoms with van der Waals surface area (Å²) in [6, 6.07) is -0.203. The summed E-state index contributed by atoms with van der Waals surface area (Å²) in [6.45, 7) is 12.8. The van der Waals surface area contributed by atoms with E-state index in [4.69, 9.17) is 21.9 Å². The minimum Gasteiger partial charge on any atom is -0.463 e. The number of nitrogens with one attached hydrogen (secondary N) is 2. The fourth-order valence-electron chi connectivity index (χ4n) is 6.88. The molecule has 0 fully saturated rings. The van der Waals surface area contributed by atoms with Crippen molar-refractivity contribution in [3.63, 3.8) is 0 Å². The van der Waals surface area contributed by atoms with Crippen molar-refractivity contribution < 1.29 is 28.8 Å². The Balaban J connectivity index is 0. The van der Waals surface area contributed by atoms with Crippen LogP contribution in [0.4, 0.5) is 0 Å². The fraction of sp³-hybridized carbons (Fsp3) is 0.936. The van der Waals surface area contributed by atoms with Crippen molar-refractivity contribution in [2.45, 2.75) is 265 Å². The predicted octanol–water partition coefficient (Wildman–Crippen LogP) is 12.9. The first-order chi connectivity index (χ1) is 27.7. The lowest BCUT2D eigenvalue weighted by Gasteiger charge is -2.21. The molecule has 0 aliphatic heterocycles. The van der Waals surface area contributed by atoms with E-state index < -0.39 is 8.03 Å². The largest absolute Gasteiger partial charge is 0.463 e. The Morgan fingerprint density at radius 3 is 1.25 bits per heavy atom. The van der Waals surface area contributed by atoms with Crippen molar-refractivity contribution in [2.24, 2.45) is 0 Å². The molecule has 0 bridgehead atoms. The molecule has 0 heterocycles. The van der Waals surface area contributed by atoms with E-state index in [2.05, 4.69) is 31.4 Å². The van der Waals surface area contributed by atoms with E-state index in [0.717, 1.165) is 57.8 Å². The van der Waals surface area contributed by atoms with Crippen LogP contribution in [0.5, 0.6) is 0 Å². The van der Waals surface area contributed by atoms with Crippen LogP contribution in [0, 0.1) is 0 Å². The molecule has 0 aliphatic rings. The fourth-order valence-corrected chi connectivity index (χ4v) is 7.53. The van der Waals surface area contributed by atoms with Crippen LogP contribution in [-0.2, 0) is 23.6 Å². The van der Waals surface area contributed by atoms with Crippen LogP contribution < -0.4 is 10.6 Å². The lowest BCUT2D eigenvalue weighted by atomic mass is 10.1. The molecule has 0 aromatic carbocycles. The van der Waals surface area contributed by atoms with Crippen molar-refractivity contribution >= 4 is 33.4 Å². The molecule has 0 spiro atoms. The number of aliphatic hydroxyl groups excluding tert-OH is 1. The summed E-state index contributed by atoms with van der Waals surface area (Å²) in [5, 5.41) is 14.9. The van der Waals surface area contributed by atoms with Gasteiger partial charge in [-0.3, -0.25) is 14.4 Å². The summed E-state index contributed by atoms with van der Waals surface area (Å²) in [6.07, 6.45) is 37.7. The summed E-state index contributed by atoms with van der Waals surface area (Å²) < 4.78 is 11.3. The summed E-state index contributed by atoms with van der Waals surface area (Å²) in [5.41, 5.74) is 0. The number of hydrogen-bond acceptors (Lipinski definition) is 6. The second-order valence-corrected chi connectivity index (χ2v) is 17.8. The summed E-state index contributed by atoms with van der Waals surface area (Å²) in [5.74, 6) is -0.128. The number of aliphatic hydroxyl groups is 1. The molecule has 2 amide bonds. The zero-order chi connectivity index (χ0) is 42.6. The molecule has 3 N–H and O–H groups in total. The summed E-state index contributed by atoms with van der Waals surface area (Å²) in [7, 11) is 4.85. The van der Waals surface area contributed by atoms with Crippen molar-refractivity contribution in [1.29, 1.82) is 0 Å². The second-order valence-electron chi connectivity index (χ2n) is 16.5. The lowest BCUT2D eigenvalue weighted by Crippen LogP contribution is -2.38. The molecule has 1 unspecified atom stereocenters. The SMILES string of the molecule is CCCCCCCCCCCCCC(=O)N[C@H](CC)CO.[B]P(C)O[C@H](CCCCCCC)CC(=O)OC[C@@H](CC)NC(=O)CCCCCCCCCCCCC. The Morgan fingerprint density at radius 1 is 0.544 bits per heavy atom. The Labute approximate surface area is 356 Å². The highest BCUT2D eigenvalue weighted by molar-refractivity contribution is 7.77. The van der Waals surface area contributed by atoms with Crippen LogP contribution in [-0.4, -0.2) is 68.5 Å². The van der Waals surface area contributed by atoms with Crippen molar-refractivity contribution in [3.8, 4) is 0 Å². The Bertz CT molecular complexity index is 879. The van der Waals surface area contributed by atoms with E-state index in [1.807, 2.05) is 20.5 Å². The highest BCUT2D eigenvalue weighted by Crippen LogP contribution is 2.30. The first-order valence-corrected chi connectivity index (χ1v) is 25.9. The van der Waals surface area contributed by atoms with Gasteiger partial charge in [0.15, 0.2) is 0 Å². The summed E-state index contributed by atoms with van der Waals surface area (Å²) >= 11 is 0. The maximum Gasteiger partial charge on any atom is 0.308 e. The standard InChI is InChI=1S/C29H57BNO4P.C18H37NO2/c1-5-8-10-12-13-14-15-16-17-19-21-23-28(32)31-26(7-3)25-34-29(33)24-27(35-36(4)30)22-20-18-11-9-6-2;1-3-5-6-7-8-9-10-11-12-13-14-15-18(21)19-17(4-2)16-20/h26-27H,5-25H2,1-4H3,(H,31,32);17,20H,3-16H2,1-2H3,(H,19,21)/t26-,27-,36?;17-/m11/s1. The van der Waals surface area contributed by atoms with Gasteiger partial charge in [0.2, 0.25) is 11.8 Å². The van der Waals surface area contributed by atoms with E-state index in [-0.39, 0.29) is 55.6 Å². The van der Waals surface area contributed by atoms with E-state index in [9.17, 15) is 14.4 Å². The monoisotopic (exact) mass is 825 g/mol. The van der Waals surface area contributed by atoms with Crippen LogP contribution in [0.15, 0.2) is 0 Å². The molecule has 4 atom stereocenters. The number of amides is 2. The normalized spacial score (nSPS) is 13.2. The number of unbranched alkanes of at least 4 members (excludes halogenated alkanes) is 24. The van der Waals surface area contributed by atoms with Gasteiger partial charge in [-0.2, -0.15) is 0 Å². The maximum absolute atomic E-state index is 12.4. The van der Waals surface area contributed by atoms with Crippen LogP contribution in [0.25, 0.3) is 0 Å². The van der Waals surface area contributed by atoms with E-state index >= 15 is 0 Å².